The molecule has 1 aliphatic rings. The molecule has 0 bridgehead atoms. The Hall–Kier alpha value is -0.830. The summed E-state index contributed by atoms with van der Waals surface area (Å²) in [4.78, 5) is 8.01. The first-order valence-corrected chi connectivity index (χ1v) is 5.86. The quantitative estimate of drug-likeness (QED) is 0.786. The molecule has 0 amide bonds. The van der Waals surface area contributed by atoms with Crippen LogP contribution in [-0.2, 0) is 0 Å². The Kier molecular flexibility index (Phi) is 3.41. The maximum absolute atomic E-state index is 5.79. The molecule has 1 aliphatic carbocycles. The van der Waals surface area contributed by atoms with Crippen molar-refractivity contribution >= 4 is 17.4 Å². The van der Waals surface area contributed by atoms with Gasteiger partial charge in [-0.15, -0.1) is 0 Å². The maximum Gasteiger partial charge on any atom is 0.134 e. The second kappa shape index (κ2) is 4.79. The van der Waals surface area contributed by atoms with Crippen LogP contribution >= 0.6 is 11.6 Å². The third-order valence-electron chi connectivity index (χ3n) is 3.00. The van der Waals surface area contributed by atoms with E-state index in [1.807, 2.05) is 0 Å². The van der Waals surface area contributed by atoms with Gasteiger partial charge in [-0.3, -0.25) is 0 Å². The van der Waals surface area contributed by atoms with Crippen LogP contribution in [0.5, 0.6) is 0 Å². The molecule has 1 N–H and O–H groups in total. The minimum Gasteiger partial charge on any atom is -0.367 e. The molecule has 0 saturated heterocycles. The monoisotopic (exact) mass is 225 g/mol. The summed E-state index contributed by atoms with van der Waals surface area (Å²) in [7, 11) is 0. The van der Waals surface area contributed by atoms with Crippen LogP contribution in [0, 0.1) is 5.92 Å². The molecule has 15 heavy (non-hydrogen) atoms. The van der Waals surface area contributed by atoms with Crippen LogP contribution in [0.3, 0.4) is 0 Å². The number of rotatable bonds is 2. The Morgan fingerprint density at radius 1 is 1.27 bits per heavy atom. The van der Waals surface area contributed by atoms with Gasteiger partial charge >= 0.3 is 0 Å². The second-order valence-electron chi connectivity index (χ2n) is 4.33. The van der Waals surface area contributed by atoms with E-state index in [1.165, 1.54) is 32.0 Å². The molecular weight excluding hydrogens is 210 g/mol. The number of nitrogens with zero attached hydrogens (tertiary/aromatic N) is 2. The van der Waals surface area contributed by atoms with E-state index in [-0.39, 0.29) is 0 Å². The number of anilines is 1. The Labute approximate surface area is 95.3 Å². The number of hydrogen-bond acceptors (Lipinski definition) is 3. The summed E-state index contributed by atoms with van der Waals surface area (Å²) in [5.74, 6) is 1.71. The number of halogens is 1. The van der Waals surface area contributed by atoms with Gasteiger partial charge in [0.2, 0.25) is 0 Å². The van der Waals surface area contributed by atoms with E-state index in [9.17, 15) is 0 Å². The molecule has 0 unspecified atom stereocenters. The average Bonchev–Trinajstić information content (AvgIpc) is 2.22. The van der Waals surface area contributed by atoms with Crippen LogP contribution in [0.1, 0.15) is 32.6 Å². The van der Waals surface area contributed by atoms with Crippen LogP contribution in [0.2, 0.25) is 5.15 Å². The molecule has 2 rings (SSSR count). The van der Waals surface area contributed by atoms with Crippen LogP contribution in [0.25, 0.3) is 0 Å². The standard InChI is InChI=1S/C11H16ClN3/c1-8-2-4-9(5-3-8)15-11-6-10(12)13-7-14-11/h6-9H,2-5H2,1H3,(H,13,14,15). The van der Waals surface area contributed by atoms with E-state index in [0.29, 0.717) is 11.2 Å². The van der Waals surface area contributed by atoms with E-state index in [0.717, 1.165) is 11.7 Å². The summed E-state index contributed by atoms with van der Waals surface area (Å²) in [5.41, 5.74) is 0. The van der Waals surface area contributed by atoms with Gasteiger partial charge in [0, 0.05) is 12.1 Å². The van der Waals surface area contributed by atoms with Crippen LogP contribution in [0.15, 0.2) is 12.4 Å². The van der Waals surface area contributed by atoms with Crippen molar-refractivity contribution in [3.63, 3.8) is 0 Å². The minimum atomic E-state index is 0.497. The molecule has 4 heteroatoms. The Balaban J connectivity index is 1.92. The minimum absolute atomic E-state index is 0.497. The Morgan fingerprint density at radius 3 is 2.67 bits per heavy atom. The fourth-order valence-electron chi connectivity index (χ4n) is 2.03. The molecule has 1 aromatic heterocycles. The molecular formula is C11H16ClN3. The van der Waals surface area contributed by atoms with Gasteiger partial charge in [0.15, 0.2) is 0 Å². The van der Waals surface area contributed by atoms with Crippen molar-refractivity contribution in [1.29, 1.82) is 0 Å². The predicted molar refractivity (Wildman–Crippen MR) is 62.1 cm³/mol. The van der Waals surface area contributed by atoms with E-state index >= 15 is 0 Å². The summed E-state index contributed by atoms with van der Waals surface area (Å²) in [5, 5.41) is 3.90. The lowest BCUT2D eigenvalue weighted by Crippen LogP contribution is -2.25. The van der Waals surface area contributed by atoms with Gasteiger partial charge in [0.25, 0.3) is 0 Å². The third-order valence-corrected chi connectivity index (χ3v) is 3.21. The topological polar surface area (TPSA) is 37.8 Å². The molecule has 0 radical (unpaired) electrons. The summed E-state index contributed by atoms with van der Waals surface area (Å²) in [6.07, 6.45) is 6.55. The van der Waals surface area contributed by atoms with Gasteiger partial charge in [-0.25, -0.2) is 9.97 Å². The van der Waals surface area contributed by atoms with Crippen molar-refractivity contribution in [2.45, 2.75) is 38.6 Å². The Bertz CT molecular complexity index is 321. The number of hydrogen-bond donors (Lipinski definition) is 1. The first-order valence-electron chi connectivity index (χ1n) is 5.48. The lowest BCUT2D eigenvalue weighted by atomic mass is 9.87. The van der Waals surface area contributed by atoms with Crippen molar-refractivity contribution < 1.29 is 0 Å². The summed E-state index contributed by atoms with van der Waals surface area (Å²) in [6, 6.07) is 2.33. The van der Waals surface area contributed by atoms with Crippen LogP contribution < -0.4 is 5.32 Å². The molecule has 0 aromatic carbocycles. The average molecular weight is 226 g/mol. The van der Waals surface area contributed by atoms with E-state index in [4.69, 9.17) is 11.6 Å². The van der Waals surface area contributed by atoms with E-state index < -0.39 is 0 Å². The van der Waals surface area contributed by atoms with Gasteiger partial charge in [-0.05, 0) is 31.6 Å². The molecule has 1 aromatic rings. The van der Waals surface area contributed by atoms with Gasteiger partial charge in [-0.2, -0.15) is 0 Å². The number of aromatic nitrogens is 2. The predicted octanol–water partition coefficient (Wildman–Crippen LogP) is 3.12. The van der Waals surface area contributed by atoms with Gasteiger partial charge in [-0.1, -0.05) is 18.5 Å². The smallest absolute Gasteiger partial charge is 0.134 e. The zero-order valence-corrected chi connectivity index (χ0v) is 9.67. The lowest BCUT2D eigenvalue weighted by Gasteiger charge is -2.27. The first kappa shape index (κ1) is 10.7. The van der Waals surface area contributed by atoms with Crippen molar-refractivity contribution in [2.24, 2.45) is 5.92 Å². The van der Waals surface area contributed by atoms with Crippen molar-refractivity contribution in [1.82, 2.24) is 9.97 Å². The van der Waals surface area contributed by atoms with E-state index in [2.05, 4.69) is 22.2 Å². The highest BCUT2D eigenvalue weighted by Crippen LogP contribution is 2.25. The zero-order chi connectivity index (χ0) is 10.7. The van der Waals surface area contributed by atoms with E-state index in [1.54, 1.807) is 6.07 Å². The molecule has 1 heterocycles. The van der Waals surface area contributed by atoms with Gasteiger partial charge < -0.3 is 5.32 Å². The summed E-state index contributed by atoms with van der Waals surface area (Å²) >= 11 is 5.79. The van der Waals surface area contributed by atoms with Crippen LogP contribution in [0.4, 0.5) is 5.82 Å². The largest absolute Gasteiger partial charge is 0.367 e. The second-order valence-corrected chi connectivity index (χ2v) is 4.71. The van der Waals surface area contributed by atoms with Crippen molar-refractivity contribution in [2.75, 3.05) is 5.32 Å². The molecule has 82 valence electrons. The number of nitrogens with one attached hydrogen (secondary N) is 1. The lowest BCUT2D eigenvalue weighted by molar-refractivity contribution is 0.361. The molecule has 1 fully saturated rings. The molecule has 0 spiro atoms. The van der Waals surface area contributed by atoms with Gasteiger partial charge in [0.05, 0.1) is 0 Å². The molecule has 0 aliphatic heterocycles. The normalized spacial score (nSPS) is 26.3. The molecule has 1 saturated carbocycles. The summed E-state index contributed by atoms with van der Waals surface area (Å²) < 4.78 is 0. The first-order chi connectivity index (χ1) is 7.24. The summed E-state index contributed by atoms with van der Waals surface area (Å²) in [6.45, 7) is 2.32. The Morgan fingerprint density at radius 2 is 2.00 bits per heavy atom. The fraction of sp³-hybridized carbons (Fsp3) is 0.636. The maximum atomic E-state index is 5.79. The van der Waals surface area contributed by atoms with Crippen molar-refractivity contribution in [3.05, 3.63) is 17.5 Å². The third kappa shape index (κ3) is 3.06. The zero-order valence-electron chi connectivity index (χ0n) is 8.91. The highest BCUT2D eigenvalue weighted by molar-refractivity contribution is 6.29. The van der Waals surface area contributed by atoms with Gasteiger partial charge in [0.1, 0.15) is 17.3 Å². The SMILES string of the molecule is CC1CCC(Nc2cc(Cl)ncn2)CC1. The highest BCUT2D eigenvalue weighted by atomic mass is 35.5. The molecule has 3 nitrogen and oxygen atoms in total. The van der Waals surface area contributed by atoms with Crippen LogP contribution in [-0.4, -0.2) is 16.0 Å². The molecule has 0 atom stereocenters. The fourth-order valence-corrected chi connectivity index (χ4v) is 2.17. The highest BCUT2D eigenvalue weighted by Gasteiger charge is 2.18. The van der Waals surface area contributed by atoms with Crippen molar-refractivity contribution in [3.8, 4) is 0 Å².